The fourth-order valence-electron chi connectivity index (χ4n) is 3.71. The quantitative estimate of drug-likeness (QED) is 0.667. The topological polar surface area (TPSA) is 54.0 Å². The van der Waals surface area contributed by atoms with Crippen molar-refractivity contribution in [1.82, 2.24) is 10.3 Å². The van der Waals surface area contributed by atoms with Gasteiger partial charge in [0.25, 0.3) is 5.91 Å². The molecule has 0 unspecified atom stereocenters. The number of aromatic nitrogens is 1. The zero-order chi connectivity index (χ0) is 18.6. The number of hydrogen-bond donors (Lipinski definition) is 2. The van der Waals surface area contributed by atoms with Crippen molar-refractivity contribution in [2.45, 2.75) is 37.8 Å². The van der Waals surface area contributed by atoms with Crippen LogP contribution < -0.4 is 10.6 Å². The highest BCUT2D eigenvalue weighted by Crippen LogP contribution is 2.28. The van der Waals surface area contributed by atoms with E-state index in [0.717, 1.165) is 47.8 Å². The van der Waals surface area contributed by atoms with Crippen LogP contribution in [-0.4, -0.2) is 23.0 Å². The molecule has 1 amide bonds. The van der Waals surface area contributed by atoms with Crippen molar-refractivity contribution >= 4 is 34.1 Å². The molecular weight excluding hydrogens is 358 g/mol. The zero-order valence-corrected chi connectivity index (χ0v) is 15.7. The summed E-state index contributed by atoms with van der Waals surface area (Å²) in [5.41, 5.74) is 2.71. The van der Waals surface area contributed by atoms with Gasteiger partial charge in [-0.25, -0.2) is 0 Å². The molecule has 1 heterocycles. The van der Waals surface area contributed by atoms with Crippen LogP contribution in [0.5, 0.6) is 0 Å². The Balaban J connectivity index is 1.35. The number of nitrogens with one attached hydrogen (secondary N) is 2. The van der Waals surface area contributed by atoms with E-state index in [9.17, 15) is 4.79 Å². The fourth-order valence-corrected chi connectivity index (χ4v) is 3.87. The number of carbonyl (C=O) groups is 1. The summed E-state index contributed by atoms with van der Waals surface area (Å²) in [5.74, 6) is 0.0176. The van der Waals surface area contributed by atoms with Crippen molar-refractivity contribution in [2.75, 3.05) is 5.32 Å². The molecule has 1 aliphatic carbocycles. The van der Waals surface area contributed by atoms with E-state index in [1.165, 1.54) is 0 Å². The van der Waals surface area contributed by atoms with Gasteiger partial charge in [0.1, 0.15) is 0 Å². The molecule has 1 aliphatic rings. The van der Waals surface area contributed by atoms with E-state index in [0.29, 0.717) is 11.1 Å². The molecule has 3 aromatic rings. The summed E-state index contributed by atoms with van der Waals surface area (Å²) < 4.78 is 0. The Bertz CT molecular complexity index is 937. The van der Waals surface area contributed by atoms with Gasteiger partial charge in [-0.3, -0.25) is 9.78 Å². The Labute approximate surface area is 164 Å². The van der Waals surface area contributed by atoms with Gasteiger partial charge in [-0.05, 0) is 62.1 Å². The molecule has 2 aromatic carbocycles. The summed E-state index contributed by atoms with van der Waals surface area (Å²) in [7, 11) is 0. The molecule has 0 saturated heterocycles. The van der Waals surface area contributed by atoms with Gasteiger partial charge in [-0.2, -0.15) is 0 Å². The Hall–Kier alpha value is -2.59. The molecule has 4 nitrogen and oxygen atoms in total. The molecule has 5 heteroatoms. The second-order valence-corrected chi connectivity index (χ2v) is 7.49. The van der Waals surface area contributed by atoms with Crippen molar-refractivity contribution < 1.29 is 4.79 Å². The maximum atomic E-state index is 12.3. The standard InChI is InChI=1S/C22H22ClN3O/c23-16-6-11-19-20(12-13-24-21(19)14-16)25-17-7-9-18(10-8-17)26-22(27)15-4-2-1-3-5-15/h1-6,11-14,17-18H,7-10H2,(H,24,25)(H,26,27). The van der Waals surface area contributed by atoms with Crippen LogP contribution in [0.3, 0.4) is 0 Å². The maximum Gasteiger partial charge on any atom is 0.251 e. The van der Waals surface area contributed by atoms with Gasteiger partial charge in [-0.15, -0.1) is 0 Å². The molecule has 1 saturated carbocycles. The molecule has 1 fully saturated rings. The molecule has 138 valence electrons. The van der Waals surface area contributed by atoms with Crippen LogP contribution >= 0.6 is 11.6 Å². The number of rotatable bonds is 4. The normalized spacial score (nSPS) is 19.6. The first-order valence-electron chi connectivity index (χ1n) is 9.36. The summed E-state index contributed by atoms with van der Waals surface area (Å²) in [4.78, 5) is 16.7. The van der Waals surface area contributed by atoms with Crippen molar-refractivity contribution in [3.8, 4) is 0 Å². The third-order valence-corrected chi connectivity index (χ3v) is 5.40. The van der Waals surface area contributed by atoms with Crippen LogP contribution in [0.25, 0.3) is 10.9 Å². The van der Waals surface area contributed by atoms with E-state index < -0.39 is 0 Å². The lowest BCUT2D eigenvalue weighted by Gasteiger charge is -2.30. The number of benzene rings is 2. The van der Waals surface area contributed by atoms with Gasteiger partial charge < -0.3 is 10.6 Å². The van der Waals surface area contributed by atoms with Crippen molar-refractivity contribution in [1.29, 1.82) is 0 Å². The molecule has 1 aromatic heterocycles. The average Bonchev–Trinajstić information content (AvgIpc) is 2.70. The number of hydrogen-bond acceptors (Lipinski definition) is 3. The Morgan fingerprint density at radius 1 is 0.963 bits per heavy atom. The van der Waals surface area contributed by atoms with Gasteiger partial charge in [0.2, 0.25) is 0 Å². The minimum absolute atomic E-state index is 0.0176. The predicted molar refractivity (Wildman–Crippen MR) is 110 cm³/mol. The summed E-state index contributed by atoms with van der Waals surface area (Å²) >= 11 is 6.07. The molecular formula is C22H22ClN3O. The summed E-state index contributed by atoms with van der Waals surface area (Å²) in [6.07, 6.45) is 5.82. The molecule has 27 heavy (non-hydrogen) atoms. The van der Waals surface area contributed by atoms with Crippen molar-refractivity contribution in [3.63, 3.8) is 0 Å². The lowest BCUT2D eigenvalue weighted by Crippen LogP contribution is -2.40. The van der Waals surface area contributed by atoms with Crippen LogP contribution in [-0.2, 0) is 0 Å². The molecule has 0 aliphatic heterocycles. The van der Waals surface area contributed by atoms with Gasteiger partial charge in [-0.1, -0.05) is 29.8 Å². The first-order chi connectivity index (χ1) is 13.2. The number of anilines is 1. The highest BCUT2D eigenvalue weighted by Gasteiger charge is 2.23. The Morgan fingerprint density at radius 2 is 1.70 bits per heavy atom. The van der Waals surface area contributed by atoms with Crippen molar-refractivity contribution in [2.24, 2.45) is 0 Å². The number of nitrogens with zero attached hydrogens (tertiary/aromatic N) is 1. The largest absolute Gasteiger partial charge is 0.382 e. The molecule has 0 radical (unpaired) electrons. The third kappa shape index (κ3) is 4.22. The van der Waals surface area contributed by atoms with Gasteiger partial charge >= 0.3 is 0 Å². The van der Waals surface area contributed by atoms with Gasteiger partial charge in [0, 0.05) is 39.9 Å². The number of carbonyl (C=O) groups excluding carboxylic acids is 1. The van der Waals surface area contributed by atoms with E-state index in [1.807, 2.05) is 60.8 Å². The third-order valence-electron chi connectivity index (χ3n) is 5.16. The molecule has 0 atom stereocenters. The lowest BCUT2D eigenvalue weighted by molar-refractivity contribution is 0.0926. The highest BCUT2D eigenvalue weighted by atomic mass is 35.5. The minimum Gasteiger partial charge on any atom is -0.382 e. The maximum absolute atomic E-state index is 12.3. The lowest BCUT2D eigenvalue weighted by atomic mass is 9.90. The number of halogens is 1. The first-order valence-corrected chi connectivity index (χ1v) is 9.73. The zero-order valence-electron chi connectivity index (χ0n) is 15.0. The van der Waals surface area contributed by atoms with Gasteiger partial charge in [0.15, 0.2) is 0 Å². The Morgan fingerprint density at radius 3 is 2.48 bits per heavy atom. The van der Waals surface area contributed by atoms with E-state index in [-0.39, 0.29) is 11.9 Å². The van der Waals surface area contributed by atoms with E-state index in [1.54, 1.807) is 0 Å². The van der Waals surface area contributed by atoms with Gasteiger partial charge in [0.05, 0.1) is 5.52 Å². The van der Waals surface area contributed by atoms with E-state index >= 15 is 0 Å². The SMILES string of the molecule is O=C(NC1CCC(Nc2ccnc3cc(Cl)ccc23)CC1)c1ccccc1. The summed E-state index contributed by atoms with van der Waals surface area (Å²) in [5, 5.41) is 8.60. The second-order valence-electron chi connectivity index (χ2n) is 7.05. The monoisotopic (exact) mass is 379 g/mol. The minimum atomic E-state index is 0.0176. The van der Waals surface area contributed by atoms with Crippen LogP contribution in [0.2, 0.25) is 5.02 Å². The van der Waals surface area contributed by atoms with Crippen LogP contribution in [0.1, 0.15) is 36.0 Å². The number of amides is 1. The molecule has 4 rings (SSSR count). The Kier molecular flexibility index (Phi) is 5.26. The van der Waals surface area contributed by atoms with E-state index in [2.05, 4.69) is 15.6 Å². The smallest absolute Gasteiger partial charge is 0.251 e. The number of pyridine rings is 1. The predicted octanol–water partition coefficient (Wildman–Crippen LogP) is 5.04. The highest BCUT2D eigenvalue weighted by molar-refractivity contribution is 6.31. The summed E-state index contributed by atoms with van der Waals surface area (Å²) in [6.45, 7) is 0. The van der Waals surface area contributed by atoms with Crippen LogP contribution in [0, 0.1) is 0 Å². The second kappa shape index (κ2) is 7.97. The fraction of sp³-hybridized carbons (Fsp3) is 0.273. The average molecular weight is 380 g/mol. The van der Waals surface area contributed by atoms with Crippen molar-refractivity contribution in [3.05, 3.63) is 71.4 Å². The van der Waals surface area contributed by atoms with Crippen LogP contribution in [0.15, 0.2) is 60.8 Å². The molecule has 0 bridgehead atoms. The summed E-state index contributed by atoms with van der Waals surface area (Å²) in [6, 6.07) is 17.9. The van der Waals surface area contributed by atoms with Crippen LogP contribution in [0.4, 0.5) is 5.69 Å². The molecule has 2 N–H and O–H groups in total. The first kappa shape index (κ1) is 17.8. The molecule has 0 spiro atoms. The van der Waals surface area contributed by atoms with E-state index in [4.69, 9.17) is 11.6 Å². The number of fused-ring (bicyclic) bond motifs is 1.